The minimum absolute atomic E-state index is 0.369. The van der Waals surface area contributed by atoms with Crippen molar-refractivity contribution in [3.8, 4) is 16.9 Å². The van der Waals surface area contributed by atoms with Gasteiger partial charge in [0.05, 0.1) is 19.3 Å². The van der Waals surface area contributed by atoms with Crippen LogP contribution in [-0.4, -0.2) is 18.2 Å². The van der Waals surface area contributed by atoms with Crippen LogP contribution in [0.15, 0.2) is 67.0 Å². The maximum Gasteiger partial charge on any atom is 0.408 e. The molecule has 2 atom stereocenters. The fourth-order valence-corrected chi connectivity index (χ4v) is 3.24. The van der Waals surface area contributed by atoms with Gasteiger partial charge in [-0.3, -0.25) is 4.98 Å². The van der Waals surface area contributed by atoms with Crippen molar-refractivity contribution in [2.24, 2.45) is 0 Å². The first kappa shape index (κ1) is 17.0. The van der Waals surface area contributed by atoms with E-state index in [9.17, 15) is 9.18 Å². The summed E-state index contributed by atoms with van der Waals surface area (Å²) in [7, 11) is 1.59. The van der Waals surface area contributed by atoms with Crippen molar-refractivity contribution >= 4 is 6.09 Å². The number of halogens is 1. The lowest BCUT2D eigenvalue weighted by Gasteiger charge is -2.19. The second-order valence-electron chi connectivity index (χ2n) is 6.24. The summed E-state index contributed by atoms with van der Waals surface area (Å²) in [6, 6.07) is 16.0. The van der Waals surface area contributed by atoms with Crippen LogP contribution in [0.25, 0.3) is 11.1 Å². The standard InChI is InChI=1S/C21H17FN2O3/c1-26-18-7-3-6-15(10-18)20-19(24-21(25)27-20)14-5-2-4-13(8-14)16-9-17(22)12-23-11-16/h2-12,19-20H,1H3,(H,24,25)/t19-,20-/m1/s1. The number of pyridine rings is 1. The molecule has 1 aliphatic rings. The van der Waals surface area contributed by atoms with E-state index in [1.807, 2.05) is 48.5 Å². The third kappa shape index (κ3) is 3.46. The monoisotopic (exact) mass is 364 g/mol. The molecule has 1 saturated heterocycles. The zero-order valence-electron chi connectivity index (χ0n) is 14.6. The molecule has 0 bridgehead atoms. The number of carbonyl (C=O) groups is 1. The summed E-state index contributed by atoms with van der Waals surface area (Å²) in [5.41, 5.74) is 3.16. The van der Waals surface area contributed by atoms with Crippen LogP contribution in [0.4, 0.5) is 9.18 Å². The molecule has 0 spiro atoms. The number of ether oxygens (including phenoxy) is 2. The smallest absolute Gasteiger partial charge is 0.408 e. The molecule has 1 aliphatic heterocycles. The Labute approximate surface area is 155 Å². The average molecular weight is 364 g/mol. The topological polar surface area (TPSA) is 60.5 Å². The van der Waals surface area contributed by atoms with Crippen molar-refractivity contribution in [1.82, 2.24) is 10.3 Å². The van der Waals surface area contributed by atoms with Crippen LogP contribution in [-0.2, 0) is 4.74 Å². The van der Waals surface area contributed by atoms with Gasteiger partial charge in [-0.2, -0.15) is 0 Å². The molecule has 1 amide bonds. The highest BCUT2D eigenvalue weighted by Crippen LogP contribution is 2.38. The number of benzene rings is 2. The minimum atomic E-state index is -0.492. The van der Waals surface area contributed by atoms with Crippen LogP contribution in [0.2, 0.25) is 0 Å². The van der Waals surface area contributed by atoms with Gasteiger partial charge in [-0.05, 0) is 41.0 Å². The fraction of sp³-hybridized carbons (Fsp3) is 0.143. The second kappa shape index (κ2) is 7.07. The molecule has 6 heteroatoms. The van der Waals surface area contributed by atoms with Crippen molar-refractivity contribution < 1.29 is 18.7 Å². The Morgan fingerprint density at radius 2 is 1.85 bits per heavy atom. The number of rotatable bonds is 4. The number of hydrogen-bond acceptors (Lipinski definition) is 4. The number of amides is 1. The summed E-state index contributed by atoms with van der Waals surface area (Å²) in [5, 5.41) is 2.85. The number of alkyl carbamates (subject to hydrolysis) is 1. The van der Waals surface area contributed by atoms with Crippen LogP contribution in [0.1, 0.15) is 23.3 Å². The first-order chi connectivity index (χ1) is 13.1. The molecular formula is C21H17FN2O3. The summed E-state index contributed by atoms with van der Waals surface area (Å²) in [6.45, 7) is 0. The van der Waals surface area contributed by atoms with E-state index < -0.39 is 18.0 Å². The third-order valence-corrected chi connectivity index (χ3v) is 4.52. The first-order valence-electron chi connectivity index (χ1n) is 8.46. The number of nitrogens with one attached hydrogen (secondary N) is 1. The maximum absolute atomic E-state index is 13.5. The molecule has 3 aromatic rings. The first-order valence-corrected chi connectivity index (χ1v) is 8.46. The summed E-state index contributed by atoms with van der Waals surface area (Å²) in [6.07, 6.45) is 1.79. The second-order valence-corrected chi connectivity index (χ2v) is 6.24. The van der Waals surface area contributed by atoms with E-state index in [0.717, 1.165) is 22.9 Å². The number of carbonyl (C=O) groups excluding carboxylic acids is 1. The van der Waals surface area contributed by atoms with Crippen molar-refractivity contribution in [2.75, 3.05) is 7.11 Å². The Morgan fingerprint density at radius 3 is 2.67 bits per heavy atom. The van der Waals surface area contributed by atoms with Gasteiger partial charge in [-0.15, -0.1) is 0 Å². The third-order valence-electron chi connectivity index (χ3n) is 4.52. The average Bonchev–Trinajstić information content (AvgIpc) is 3.10. The molecule has 0 radical (unpaired) electrons. The molecule has 1 N–H and O–H groups in total. The Hall–Kier alpha value is -3.41. The van der Waals surface area contributed by atoms with Crippen LogP contribution in [0, 0.1) is 5.82 Å². The van der Waals surface area contributed by atoms with Gasteiger partial charge in [0.1, 0.15) is 11.6 Å². The van der Waals surface area contributed by atoms with Gasteiger partial charge < -0.3 is 14.8 Å². The van der Waals surface area contributed by atoms with Gasteiger partial charge in [0.25, 0.3) is 0 Å². The Bertz CT molecular complexity index is 992. The van der Waals surface area contributed by atoms with E-state index in [-0.39, 0.29) is 6.04 Å². The van der Waals surface area contributed by atoms with E-state index in [1.165, 1.54) is 6.07 Å². The molecule has 2 heterocycles. The maximum atomic E-state index is 13.5. The molecule has 4 rings (SSSR count). The molecule has 0 aliphatic carbocycles. The van der Waals surface area contributed by atoms with E-state index in [0.29, 0.717) is 11.3 Å². The summed E-state index contributed by atoms with van der Waals surface area (Å²) in [5.74, 6) is 0.290. The van der Waals surface area contributed by atoms with E-state index in [4.69, 9.17) is 9.47 Å². The lowest BCUT2D eigenvalue weighted by Crippen LogP contribution is -2.19. The summed E-state index contributed by atoms with van der Waals surface area (Å²) < 4.78 is 24.3. The van der Waals surface area contributed by atoms with E-state index in [2.05, 4.69) is 10.3 Å². The van der Waals surface area contributed by atoms with Gasteiger partial charge in [0.2, 0.25) is 0 Å². The summed E-state index contributed by atoms with van der Waals surface area (Å²) in [4.78, 5) is 15.8. The van der Waals surface area contributed by atoms with Gasteiger partial charge in [0, 0.05) is 11.8 Å². The molecule has 2 aromatic carbocycles. The Balaban J connectivity index is 1.70. The number of aromatic nitrogens is 1. The van der Waals surface area contributed by atoms with E-state index >= 15 is 0 Å². The number of nitrogens with zero attached hydrogens (tertiary/aromatic N) is 1. The number of methoxy groups -OCH3 is 1. The molecule has 0 saturated carbocycles. The molecule has 1 fully saturated rings. The Kier molecular flexibility index (Phi) is 4.46. The highest BCUT2D eigenvalue weighted by Gasteiger charge is 2.36. The van der Waals surface area contributed by atoms with Gasteiger partial charge in [-0.1, -0.05) is 30.3 Å². The van der Waals surface area contributed by atoms with Crippen molar-refractivity contribution in [3.05, 3.63) is 83.9 Å². The van der Waals surface area contributed by atoms with Crippen LogP contribution in [0.3, 0.4) is 0 Å². The fourth-order valence-electron chi connectivity index (χ4n) is 3.24. The zero-order chi connectivity index (χ0) is 18.8. The van der Waals surface area contributed by atoms with Crippen LogP contribution in [0.5, 0.6) is 5.75 Å². The lowest BCUT2D eigenvalue weighted by atomic mass is 9.94. The highest BCUT2D eigenvalue weighted by atomic mass is 19.1. The SMILES string of the molecule is COc1cccc([C@H]2OC(=O)N[C@@H]2c2cccc(-c3cncc(F)c3)c2)c1. The predicted molar refractivity (Wildman–Crippen MR) is 97.7 cm³/mol. The Morgan fingerprint density at radius 1 is 1.04 bits per heavy atom. The van der Waals surface area contributed by atoms with Crippen molar-refractivity contribution in [1.29, 1.82) is 0 Å². The van der Waals surface area contributed by atoms with E-state index in [1.54, 1.807) is 13.3 Å². The zero-order valence-corrected chi connectivity index (χ0v) is 14.6. The largest absolute Gasteiger partial charge is 0.497 e. The number of cyclic esters (lactones) is 1. The quantitative estimate of drug-likeness (QED) is 0.745. The molecule has 136 valence electrons. The van der Waals surface area contributed by atoms with Crippen molar-refractivity contribution in [2.45, 2.75) is 12.1 Å². The van der Waals surface area contributed by atoms with Gasteiger partial charge >= 0.3 is 6.09 Å². The van der Waals surface area contributed by atoms with Gasteiger partial charge in [-0.25, -0.2) is 9.18 Å². The molecule has 0 unspecified atom stereocenters. The van der Waals surface area contributed by atoms with Crippen LogP contribution >= 0.6 is 0 Å². The number of hydrogen-bond donors (Lipinski definition) is 1. The highest BCUT2D eigenvalue weighted by molar-refractivity contribution is 5.72. The molecule has 5 nitrogen and oxygen atoms in total. The predicted octanol–water partition coefficient (Wildman–Crippen LogP) is 4.42. The normalized spacial score (nSPS) is 18.7. The van der Waals surface area contributed by atoms with Crippen molar-refractivity contribution in [3.63, 3.8) is 0 Å². The minimum Gasteiger partial charge on any atom is -0.497 e. The summed E-state index contributed by atoms with van der Waals surface area (Å²) >= 11 is 0. The molecule has 1 aromatic heterocycles. The van der Waals surface area contributed by atoms with Gasteiger partial charge in [0.15, 0.2) is 6.10 Å². The van der Waals surface area contributed by atoms with Crippen LogP contribution < -0.4 is 10.1 Å². The lowest BCUT2D eigenvalue weighted by molar-refractivity contribution is 0.132. The molecular weight excluding hydrogens is 347 g/mol. The molecule has 27 heavy (non-hydrogen) atoms.